The van der Waals surface area contributed by atoms with Crippen molar-refractivity contribution in [2.75, 3.05) is 5.32 Å². The molecule has 0 saturated heterocycles. The van der Waals surface area contributed by atoms with Crippen LogP contribution in [0.5, 0.6) is 0 Å². The first-order valence-electron chi connectivity index (χ1n) is 10.6. The third kappa shape index (κ3) is 5.36. The van der Waals surface area contributed by atoms with Gasteiger partial charge in [-0.1, -0.05) is 70.5 Å². The maximum atomic E-state index is 12.8. The van der Waals surface area contributed by atoms with Gasteiger partial charge in [0.05, 0.1) is 15.9 Å². The normalized spacial score (nSPS) is 10.8. The van der Waals surface area contributed by atoms with Crippen molar-refractivity contribution < 1.29 is 4.79 Å². The Labute approximate surface area is 228 Å². The zero-order valence-corrected chi connectivity index (χ0v) is 22.9. The summed E-state index contributed by atoms with van der Waals surface area (Å²) in [5, 5.41) is 7.02. The molecule has 0 saturated carbocycles. The second-order valence-electron chi connectivity index (χ2n) is 7.65. The first kappa shape index (κ1) is 23.8. The van der Waals surface area contributed by atoms with Crippen LogP contribution in [0.3, 0.4) is 0 Å². The van der Waals surface area contributed by atoms with Gasteiger partial charge in [-0.25, -0.2) is 4.98 Å². The molecule has 0 unspecified atom stereocenters. The molecule has 1 heterocycles. The van der Waals surface area contributed by atoms with Gasteiger partial charge in [-0.15, -0.1) is 11.3 Å². The molecule has 0 aliphatic carbocycles. The molecule has 5 rings (SSSR count). The Morgan fingerprint density at radius 1 is 0.857 bits per heavy atom. The lowest BCUT2D eigenvalue weighted by Crippen LogP contribution is -2.34. The molecule has 0 fully saturated rings. The highest BCUT2D eigenvalue weighted by Crippen LogP contribution is 2.40. The first-order valence-corrected chi connectivity index (χ1v) is 13.4. The van der Waals surface area contributed by atoms with E-state index < -0.39 is 0 Å². The molecule has 1 amide bonds. The monoisotopic (exact) mass is 621 g/mol. The number of para-hydroxylation sites is 1. The number of thiocarbonyl (C=S) groups is 1. The summed E-state index contributed by atoms with van der Waals surface area (Å²) in [6.07, 6.45) is 0. The largest absolute Gasteiger partial charge is 0.331 e. The molecule has 0 spiro atoms. The van der Waals surface area contributed by atoms with Crippen molar-refractivity contribution in [2.45, 2.75) is 0 Å². The quantitative estimate of drug-likeness (QED) is 0.198. The number of fused-ring (bicyclic) bond motifs is 1. The van der Waals surface area contributed by atoms with E-state index in [-0.39, 0.29) is 11.0 Å². The van der Waals surface area contributed by atoms with Crippen LogP contribution in [0.15, 0.2) is 99.9 Å². The summed E-state index contributed by atoms with van der Waals surface area (Å²) in [6.45, 7) is 0. The lowest BCUT2D eigenvalue weighted by molar-refractivity contribution is 0.0978. The second-order valence-corrected chi connectivity index (χ2v) is 10.9. The number of anilines is 1. The van der Waals surface area contributed by atoms with Crippen LogP contribution in [0.1, 0.15) is 10.4 Å². The van der Waals surface area contributed by atoms with Gasteiger partial charge in [0.2, 0.25) is 0 Å². The molecule has 172 valence electrons. The molecule has 5 aromatic rings. The van der Waals surface area contributed by atoms with Crippen molar-refractivity contribution in [2.24, 2.45) is 0 Å². The van der Waals surface area contributed by atoms with Crippen LogP contribution in [-0.2, 0) is 0 Å². The molecule has 0 radical (unpaired) electrons. The van der Waals surface area contributed by atoms with E-state index in [0.29, 0.717) is 5.56 Å². The third-order valence-corrected chi connectivity index (χ3v) is 7.66. The predicted molar refractivity (Wildman–Crippen MR) is 156 cm³/mol. The van der Waals surface area contributed by atoms with Gasteiger partial charge in [0, 0.05) is 20.1 Å². The number of hydrogen-bond donors (Lipinski definition) is 2. The van der Waals surface area contributed by atoms with Gasteiger partial charge >= 0.3 is 0 Å². The van der Waals surface area contributed by atoms with Crippen LogP contribution in [-0.4, -0.2) is 16.0 Å². The molecule has 4 aromatic carbocycles. The van der Waals surface area contributed by atoms with E-state index in [1.54, 1.807) is 23.5 Å². The third-order valence-electron chi connectivity index (χ3n) is 5.30. The van der Waals surface area contributed by atoms with Gasteiger partial charge in [0.1, 0.15) is 5.01 Å². The van der Waals surface area contributed by atoms with Gasteiger partial charge in [0.15, 0.2) is 5.11 Å². The molecular formula is C27H17Br2N3OS2. The number of hydrogen-bond acceptors (Lipinski definition) is 4. The fourth-order valence-electron chi connectivity index (χ4n) is 3.62. The van der Waals surface area contributed by atoms with Crippen LogP contribution < -0.4 is 10.6 Å². The Hall–Kier alpha value is -2.91. The number of nitrogens with one attached hydrogen (secondary N) is 2. The molecule has 35 heavy (non-hydrogen) atoms. The fraction of sp³-hybridized carbons (Fsp3) is 0. The number of halogens is 2. The first-order chi connectivity index (χ1) is 17.0. The van der Waals surface area contributed by atoms with E-state index in [9.17, 15) is 4.79 Å². The molecule has 0 bridgehead atoms. The average Bonchev–Trinajstić information content (AvgIpc) is 3.30. The summed E-state index contributed by atoms with van der Waals surface area (Å²) >= 11 is 14.3. The Bertz CT molecular complexity index is 1520. The minimum atomic E-state index is -0.281. The van der Waals surface area contributed by atoms with Gasteiger partial charge < -0.3 is 5.32 Å². The topological polar surface area (TPSA) is 54.0 Å². The van der Waals surface area contributed by atoms with Gasteiger partial charge in [-0.2, -0.15) is 0 Å². The van der Waals surface area contributed by atoms with Crippen molar-refractivity contribution >= 4 is 82.3 Å². The van der Waals surface area contributed by atoms with E-state index in [1.807, 2.05) is 78.9 Å². The predicted octanol–water partition coefficient (Wildman–Crippen LogP) is 8.28. The van der Waals surface area contributed by atoms with Crippen molar-refractivity contribution in [3.63, 3.8) is 0 Å². The molecule has 8 heteroatoms. The number of carbonyl (C=O) groups is 1. The Morgan fingerprint density at radius 3 is 2.29 bits per heavy atom. The molecule has 0 aliphatic rings. The number of amides is 1. The number of rotatable bonds is 4. The number of benzene rings is 4. The van der Waals surface area contributed by atoms with Crippen molar-refractivity contribution in [3.8, 4) is 21.7 Å². The second kappa shape index (κ2) is 10.4. The van der Waals surface area contributed by atoms with Crippen molar-refractivity contribution in [3.05, 3.63) is 106 Å². The summed E-state index contributed by atoms with van der Waals surface area (Å²) in [4.78, 5) is 17.6. The summed E-state index contributed by atoms with van der Waals surface area (Å²) in [5.41, 5.74) is 5.20. The molecule has 4 nitrogen and oxygen atoms in total. The van der Waals surface area contributed by atoms with Gasteiger partial charge in [-0.05, 0) is 75.7 Å². The zero-order chi connectivity index (χ0) is 24.4. The standard InChI is InChI=1S/C27H17Br2N3OS2/c28-19-14-20(26-30-22-8-4-5-9-23(22)35-26)24(21(29)15-19)31-27(34)32-25(33)18-12-10-17(11-13-18)16-6-2-1-3-7-16/h1-15H,(H2,31,32,33,34). The minimum absolute atomic E-state index is 0.201. The highest BCUT2D eigenvalue weighted by molar-refractivity contribution is 9.11. The number of aromatic nitrogens is 1. The number of carbonyl (C=O) groups excluding carboxylic acids is 1. The highest BCUT2D eigenvalue weighted by Gasteiger charge is 2.17. The maximum Gasteiger partial charge on any atom is 0.257 e. The average molecular weight is 623 g/mol. The van der Waals surface area contributed by atoms with Crippen LogP contribution in [0.25, 0.3) is 31.9 Å². The summed E-state index contributed by atoms with van der Waals surface area (Å²) in [7, 11) is 0. The number of nitrogens with zero attached hydrogens (tertiary/aromatic N) is 1. The smallest absolute Gasteiger partial charge is 0.257 e. The van der Waals surface area contributed by atoms with Crippen LogP contribution in [0.4, 0.5) is 5.69 Å². The SMILES string of the molecule is O=C(NC(=S)Nc1c(Br)cc(Br)cc1-c1nc2ccccc2s1)c1ccc(-c2ccccc2)cc1. The Kier molecular flexibility index (Phi) is 7.06. The summed E-state index contributed by atoms with van der Waals surface area (Å²) in [5.74, 6) is -0.281. The van der Waals surface area contributed by atoms with Crippen molar-refractivity contribution in [1.29, 1.82) is 0 Å². The molecule has 1 aromatic heterocycles. The molecular weight excluding hydrogens is 606 g/mol. The highest BCUT2D eigenvalue weighted by atomic mass is 79.9. The summed E-state index contributed by atoms with van der Waals surface area (Å²) in [6, 6.07) is 29.4. The van der Waals surface area contributed by atoms with Crippen LogP contribution in [0.2, 0.25) is 0 Å². The van der Waals surface area contributed by atoms with E-state index >= 15 is 0 Å². The minimum Gasteiger partial charge on any atom is -0.331 e. The molecule has 0 atom stereocenters. The van der Waals surface area contributed by atoms with E-state index in [2.05, 4.69) is 42.5 Å². The van der Waals surface area contributed by atoms with E-state index in [0.717, 1.165) is 46.5 Å². The van der Waals surface area contributed by atoms with Crippen molar-refractivity contribution in [1.82, 2.24) is 10.3 Å². The van der Waals surface area contributed by atoms with E-state index in [1.165, 1.54) is 0 Å². The number of thiazole rings is 1. The lowest BCUT2D eigenvalue weighted by Gasteiger charge is -2.15. The molecule has 0 aliphatic heterocycles. The molecule has 2 N–H and O–H groups in total. The Balaban J connectivity index is 1.36. The van der Waals surface area contributed by atoms with E-state index in [4.69, 9.17) is 17.2 Å². The summed E-state index contributed by atoms with van der Waals surface area (Å²) < 4.78 is 2.79. The lowest BCUT2D eigenvalue weighted by atomic mass is 10.0. The maximum absolute atomic E-state index is 12.8. The van der Waals surface area contributed by atoms with Gasteiger partial charge in [0.25, 0.3) is 5.91 Å². The van der Waals surface area contributed by atoms with Crippen LogP contribution >= 0.6 is 55.4 Å². The van der Waals surface area contributed by atoms with Crippen LogP contribution in [0, 0.1) is 0 Å². The fourth-order valence-corrected chi connectivity index (χ4v) is 6.13. The Morgan fingerprint density at radius 2 is 1.54 bits per heavy atom. The zero-order valence-electron chi connectivity index (χ0n) is 18.1. The van der Waals surface area contributed by atoms with Gasteiger partial charge in [-0.3, -0.25) is 10.1 Å².